The van der Waals surface area contributed by atoms with Gasteiger partial charge in [-0.3, -0.25) is 0 Å². The third-order valence-corrected chi connectivity index (χ3v) is 5.59. The minimum absolute atomic E-state index is 0.0383. The van der Waals surface area contributed by atoms with Crippen molar-refractivity contribution in [1.29, 1.82) is 0 Å². The van der Waals surface area contributed by atoms with E-state index in [2.05, 4.69) is 31.2 Å². The molecule has 1 aliphatic heterocycles. The molecule has 1 aliphatic rings. The molecule has 1 aromatic rings. The van der Waals surface area contributed by atoms with E-state index in [4.69, 9.17) is 4.74 Å². The van der Waals surface area contributed by atoms with Crippen LogP contribution in [-0.2, 0) is 11.2 Å². The molecule has 0 unspecified atom stereocenters. The Morgan fingerprint density at radius 3 is 2.36 bits per heavy atom. The molecule has 4 heteroatoms. The van der Waals surface area contributed by atoms with Crippen LogP contribution in [0, 0.1) is 0 Å². The Morgan fingerprint density at radius 2 is 1.75 bits per heavy atom. The number of carbonyl (C=O) groups is 1. The van der Waals surface area contributed by atoms with Crippen LogP contribution in [0.4, 0.5) is 4.79 Å². The lowest BCUT2D eigenvalue weighted by Gasteiger charge is -2.29. The van der Waals surface area contributed by atoms with Crippen molar-refractivity contribution in [3.8, 4) is 0 Å². The van der Waals surface area contributed by atoms with Gasteiger partial charge in [-0.15, -0.1) is 0 Å². The highest BCUT2D eigenvalue weighted by atomic mass is 16.6. The van der Waals surface area contributed by atoms with Gasteiger partial charge in [0.2, 0.25) is 0 Å². The first-order chi connectivity index (χ1) is 13.4. The average Bonchev–Trinajstić information content (AvgIpc) is 3.08. The highest BCUT2D eigenvalue weighted by molar-refractivity contribution is 5.69. The number of aliphatic hydroxyl groups is 1. The maximum absolute atomic E-state index is 12.5. The smallest absolute Gasteiger partial charge is 0.410 e. The number of aryl methyl sites for hydroxylation is 1. The van der Waals surface area contributed by atoms with Crippen LogP contribution in [0.3, 0.4) is 0 Å². The molecule has 1 saturated heterocycles. The Labute approximate surface area is 171 Å². The first-order valence-corrected chi connectivity index (χ1v) is 11.0. The predicted molar refractivity (Wildman–Crippen MR) is 115 cm³/mol. The number of rotatable bonds is 9. The van der Waals surface area contributed by atoms with Crippen LogP contribution in [-0.4, -0.2) is 40.9 Å². The lowest BCUT2D eigenvalue weighted by molar-refractivity contribution is 0.0165. The van der Waals surface area contributed by atoms with E-state index in [9.17, 15) is 9.90 Å². The summed E-state index contributed by atoms with van der Waals surface area (Å²) in [7, 11) is 0. The van der Waals surface area contributed by atoms with Crippen LogP contribution in [0.5, 0.6) is 0 Å². The van der Waals surface area contributed by atoms with E-state index in [1.807, 2.05) is 20.8 Å². The zero-order valence-electron chi connectivity index (χ0n) is 18.2. The standard InChI is InChI=1S/C24H39NO3/c1-5-6-7-8-9-10-11-19-12-14-20(15-13-19)21-16-17-25(22(21)18-26)23(27)28-24(2,3)4/h12-15,21-22,26H,5-11,16-18H2,1-4H3/t21-,22+/m1/s1. The Balaban J connectivity index is 1.89. The van der Waals surface area contributed by atoms with Gasteiger partial charge in [0.15, 0.2) is 0 Å². The molecule has 0 bridgehead atoms. The minimum Gasteiger partial charge on any atom is -0.444 e. The van der Waals surface area contributed by atoms with Crippen LogP contribution in [0.25, 0.3) is 0 Å². The molecular formula is C24H39NO3. The van der Waals surface area contributed by atoms with E-state index in [0.717, 1.165) is 12.8 Å². The van der Waals surface area contributed by atoms with Gasteiger partial charge in [-0.05, 0) is 51.2 Å². The topological polar surface area (TPSA) is 49.8 Å². The van der Waals surface area contributed by atoms with Crippen LogP contribution < -0.4 is 0 Å². The fraction of sp³-hybridized carbons (Fsp3) is 0.708. The molecule has 0 aromatic heterocycles. The van der Waals surface area contributed by atoms with E-state index >= 15 is 0 Å². The van der Waals surface area contributed by atoms with Gasteiger partial charge < -0.3 is 14.7 Å². The van der Waals surface area contributed by atoms with E-state index in [0.29, 0.717) is 6.54 Å². The summed E-state index contributed by atoms with van der Waals surface area (Å²) in [5, 5.41) is 9.93. The molecule has 0 spiro atoms. The first-order valence-electron chi connectivity index (χ1n) is 11.0. The summed E-state index contributed by atoms with van der Waals surface area (Å²) >= 11 is 0. The lowest BCUT2D eigenvalue weighted by Crippen LogP contribution is -2.42. The van der Waals surface area contributed by atoms with E-state index in [1.165, 1.54) is 49.7 Å². The van der Waals surface area contributed by atoms with Gasteiger partial charge in [0.25, 0.3) is 0 Å². The fourth-order valence-corrected chi connectivity index (χ4v) is 4.06. The molecule has 0 radical (unpaired) electrons. The summed E-state index contributed by atoms with van der Waals surface area (Å²) in [6, 6.07) is 8.58. The largest absolute Gasteiger partial charge is 0.444 e. The maximum atomic E-state index is 12.5. The van der Waals surface area contributed by atoms with Crippen molar-refractivity contribution in [2.24, 2.45) is 0 Å². The van der Waals surface area contributed by atoms with Crippen LogP contribution in [0.15, 0.2) is 24.3 Å². The number of aliphatic hydroxyl groups excluding tert-OH is 1. The third-order valence-electron chi connectivity index (χ3n) is 5.59. The second-order valence-corrected chi connectivity index (χ2v) is 9.08. The second kappa shape index (κ2) is 10.8. The summed E-state index contributed by atoms with van der Waals surface area (Å²) in [5.41, 5.74) is 2.06. The van der Waals surface area contributed by atoms with Crippen molar-refractivity contribution in [3.05, 3.63) is 35.4 Å². The minimum atomic E-state index is -0.520. The molecule has 28 heavy (non-hydrogen) atoms. The molecule has 1 heterocycles. The molecule has 0 saturated carbocycles. The SMILES string of the molecule is CCCCCCCCc1ccc([C@H]2CCN(C(=O)OC(C)(C)C)[C@H]2CO)cc1. The lowest BCUT2D eigenvalue weighted by atomic mass is 9.91. The highest BCUT2D eigenvalue weighted by Crippen LogP contribution is 2.34. The number of amides is 1. The molecule has 1 amide bonds. The molecular weight excluding hydrogens is 350 g/mol. The fourth-order valence-electron chi connectivity index (χ4n) is 4.06. The normalized spacial score (nSPS) is 19.8. The molecule has 4 nitrogen and oxygen atoms in total. The molecule has 158 valence electrons. The van der Waals surface area contributed by atoms with Crippen LogP contribution in [0.1, 0.15) is 89.7 Å². The van der Waals surface area contributed by atoms with Crippen LogP contribution >= 0.6 is 0 Å². The van der Waals surface area contributed by atoms with Gasteiger partial charge >= 0.3 is 6.09 Å². The molecule has 1 fully saturated rings. The zero-order chi connectivity index (χ0) is 20.6. The number of likely N-dealkylation sites (tertiary alicyclic amines) is 1. The molecule has 1 N–H and O–H groups in total. The van der Waals surface area contributed by atoms with Gasteiger partial charge in [0.1, 0.15) is 5.60 Å². The van der Waals surface area contributed by atoms with E-state index in [1.54, 1.807) is 4.90 Å². The summed E-state index contributed by atoms with van der Waals surface area (Å²) in [5.74, 6) is 0.167. The van der Waals surface area contributed by atoms with Crippen molar-refractivity contribution in [3.63, 3.8) is 0 Å². The molecule has 2 atom stereocenters. The van der Waals surface area contributed by atoms with Crippen molar-refractivity contribution < 1.29 is 14.6 Å². The predicted octanol–water partition coefficient (Wildman–Crippen LogP) is 5.67. The van der Waals surface area contributed by atoms with Crippen molar-refractivity contribution >= 4 is 6.09 Å². The maximum Gasteiger partial charge on any atom is 0.410 e. The van der Waals surface area contributed by atoms with Gasteiger partial charge in [0, 0.05) is 12.5 Å². The molecule has 2 rings (SSSR count). The number of hydrogen-bond acceptors (Lipinski definition) is 3. The molecule has 0 aliphatic carbocycles. The van der Waals surface area contributed by atoms with Crippen molar-refractivity contribution in [2.75, 3.05) is 13.2 Å². The summed E-state index contributed by atoms with van der Waals surface area (Å²) in [4.78, 5) is 14.2. The van der Waals surface area contributed by atoms with Crippen LogP contribution in [0.2, 0.25) is 0 Å². The Morgan fingerprint density at radius 1 is 1.11 bits per heavy atom. The third kappa shape index (κ3) is 6.80. The molecule has 1 aromatic carbocycles. The Hall–Kier alpha value is -1.55. The van der Waals surface area contributed by atoms with Gasteiger partial charge in [-0.2, -0.15) is 0 Å². The van der Waals surface area contributed by atoms with E-state index < -0.39 is 5.60 Å². The van der Waals surface area contributed by atoms with Crippen molar-refractivity contribution in [1.82, 2.24) is 4.90 Å². The number of carbonyl (C=O) groups excluding carboxylic acids is 1. The quantitative estimate of drug-likeness (QED) is 0.553. The first kappa shape index (κ1) is 22.7. The second-order valence-electron chi connectivity index (χ2n) is 9.08. The number of nitrogens with zero attached hydrogens (tertiary/aromatic N) is 1. The van der Waals surface area contributed by atoms with Crippen molar-refractivity contribution in [2.45, 2.75) is 96.6 Å². The Bertz CT molecular complexity index is 591. The van der Waals surface area contributed by atoms with Gasteiger partial charge in [-0.1, -0.05) is 63.3 Å². The zero-order valence-corrected chi connectivity index (χ0v) is 18.2. The van der Waals surface area contributed by atoms with Gasteiger partial charge in [0.05, 0.1) is 12.6 Å². The monoisotopic (exact) mass is 389 g/mol. The number of ether oxygens (including phenoxy) is 1. The summed E-state index contributed by atoms with van der Waals surface area (Å²) in [6.07, 6.45) is 9.56. The highest BCUT2D eigenvalue weighted by Gasteiger charge is 2.39. The number of benzene rings is 1. The summed E-state index contributed by atoms with van der Waals surface area (Å²) < 4.78 is 5.51. The number of unbranched alkanes of at least 4 members (excludes halogenated alkanes) is 5. The average molecular weight is 390 g/mol. The summed E-state index contributed by atoms with van der Waals surface area (Å²) in [6.45, 7) is 8.45. The number of hydrogen-bond donors (Lipinski definition) is 1. The Kier molecular flexibility index (Phi) is 8.81. The van der Waals surface area contributed by atoms with E-state index in [-0.39, 0.29) is 24.7 Å². The van der Waals surface area contributed by atoms with Gasteiger partial charge in [-0.25, -0.2) is 4.79 Å².